The minimum atomic E-state index is -0.884. The first-order valence-corrected chi connectivity index (χ1v) is 5.12. The van der Waals surface area contributed by atoms with Gasteiger partial charge < -0.3 is 0 Å². The van der Waals surface area contributed by atoms with Gasteiger partial charge in [-0.1, -0.05) is 0 Å². The molecule has 1 aromatic carbocycles. The van der Waals surface area contributed by atoms with Crippen molar-refractivity contribution >= 4 is 24.5 Å². The molecule has 15 heavy (non-hydrogen) atoms. The maximum absolute atomic E-state index is 4.76. The molecule has 0 radical (unpaired) electrons. The summed E-state index contributed by atoms with van der Waals surface area (Å²) in [5, 5.41) is -0.884. The fraction of sp³-hybridized carbons (Fsp3) is 0.250. The number of hydrogen-bond donors (Lipinski definition) is 0. The van der Waals surface area contributed by atoms with Crippen LogP contribution in [0.4, 0.5) is 0 Å². The van der Waals surface area contributed by atoms with E-state index in [0.717, 1.165) is 17.4 Å². The van der Waals surface area contributed by atoms with E-state index in [9.17, 15) is 0 Å². The second-order valence-corrected chi connectivity index (χ2v) is 3.99. The van der Waals surface area contributed by atoms with Gasteiger partial charge in [0.25, 0.3) is 0 Å². The van der Waals surface area contributed by atoms with Crippen LogP contribution in [0.3, 0.4) is 0 Å². The molecule has 2 heterocycles. The topological polar surface area (TPSA) is 62.5 Å². The van der Waals surface area contributed by atoms with Crippen molar-refractivity contribution in [2.24, 2.45) is 4.30 Å². The Morgan fingerprint density at radius 2 is 1.93 bits per heavy atom. The average Bonchev–Trinajstić information content (AvgIpc) is 3.14. The third kappa shape index (κ3) is 2.11. The van der Waals surface area contributed by atoms with Crippen molar-refractivity contribution in [3.63, 3.8) is 0 Å². The van der Waals surface area contributed by atoms with Gasteiger partial charge >= 0.3 is 90.1 Å². The van der Waals surface area contributed by atoms with E-state index in [2.05, 4.69) is 14.1 Å². The monoisotopic (exact) mass is 223 g/mol. The van der Waals surface area contributed by atoms with Crippen molar-refractivity contribution in [2.45, 2.75) is 11.4 Å². The van der Waals surface area contributed by atoms with Crippen molar-refractivity contribution in [3.05, 3.63) is 30.3 Å². The first-order valence-electron chi connectivity index (χ1n) is 4.35. The molecule has 76 valence electrons. The average molecular weight is 223 g/mol. The van der Waals surface area contributed by atoms with E-state index >= 15 is 0 Å². The maximum atomic E-state index is 4.76. The predicted molar refractivity (Wildman–Crippen MR) is 52.7 cm³/mol. The number of benzene rings is 1. The SMILES string of the molecule is B(=NSC1(C2OO2)OO1)c1ccccc1. The molecular weight excluding hydrogens is 217 g/mol. The van der Waals surface area contributed by atoms with Gasteiger partial charge in [-0.15, -0.1) is 0 Å². The molecule has 0 unspecified atom stereocenters. The van der Waals surface area contributed by atoms with Crippen molar-refractivity contribution in [3.8, 4) is 0 Å². The minimum absolute atomic E-state index is 0.463. The molecule has 0 atom stereocenters. The van der Waals surface area contributed by atoms with Crippen LogP contribution in [0.25, 0.3) is 0 Å². The van der Waals surface area contributed by atoms with E-state index in [4.69, 9.17) is 9.78 Å². The molecule has 2 saturated heterocycles. The third-order valence-corrected chi connectivity index (χ3v) is 2.70. The summed E-state index contributed by atoms with van der Waals surface area (Å²) in [5.74, 6) is 0. The zero-order chi connectivity index (χ0) is 10.1. The second kappa shape index (κ2) is 3.69. The molecule has 0 spiro atoms. The fourth-order valence-corrected chi connectivity index (χ4v) is 1.62. The molecule has 0 saturated carbocycles. The summed E-state index contributed by atoms with van der Waals surface area (Å²) in [6, 6.07) is 9.74. The zero-order valence-electron chi connectivity index (χ0n) is 7.53. The molecule has 1 aromatic rings. The summed E-state index contributed by atoms with van der Waals surface area (Å²) in [4.78, 5) is 18.7. The van der Waals surface area contributed by atoms with Gasteiger partial charge in [-0.3, -0.25) is 0 Å². The van der Waals surface area contributed by atoms with Crippen molar-refractivity contribution in [1.82, 2.24) is 0 Å². The van der Waals surface area contributed by atoms with E-state index in [1.54, 1.807) is 7.07 Å². The van der Waals surface area contributed by atoms with Crippen LogP contribution in [0.2, 0.25) is 0 Å². The van der Waals surface area contributed by atoms with Gasteiger partial charge in [-0.25, -0.2) is 0 Å². The molecule has 2 fully saturated rings. The van der Waals surface area contributed by atoms with E-state index in [1.165, 1.54) is 0 Å². The summed E-state index contributed by atoms with van der Waals surface area (Å²) in [6.07, 6.45) is -0.463. The van der Waals surface area contributed by atoms with Gasteiger partial charge in [-0.2, -0.15) is 0 Å². The van der Waals surface area contributed by atoms with Crippen LogP contribution in [-0.2, 0) is 19.6 Å². The van der Waals surface area contributed by atoms with Crippen LogP contribution >= 0.6 is 11.9 Å². The van der Waals surface area contributed by atoms with Gasteiger partial charge in [0.2, 0.25) is 0 Å². The molecule has 0 aromatic heterocycles. The van der Waals surface area contributed by atoms with Gasteiger partial charge in [0.05, 0.1) is 0 Å². The normalized spacial score (nSPS) is 22.7. The Kier molecular flexibility index (Phi) is 2.34. The first-order chi connectivity index (χ1) is 7.39. The first kappa shape index (κ1) is 9.50. The number of hydrogen-bond acceptors (Lipinski definition) is 6. The Labute approximate surface area is 90.6 Å². The Hall–Kier alpha value is -0.725. The Morgan fingerprint density at radius 3 is 2.53 bits per heavy atom. The number of rotatable bonds is 4. The van der Waals surface area contributed by atoms with Crippen LogP contribution in [0.1, 0.15) is 0 Å². The number of nitrogens with zero attached hydrogens (tertiary/aromatic N) is 1. The molecule has 7 heteroatoms. The molecule has 5 nitrogen and oxygen atoms in total. The van der Waals surface area contributed by atoms with E-state index in [0.29, 0.717) is 0 Å². The summed E-state index contributed by atoms with van der Waals surface area (Å²) in [7, 11) is 1.72. The van der Waals surface area contributed by atoms with Gasteiger partial charge in [0, 0.05) is 0 Å². The van der Waals surface area contributed by atoms with Crippen LogP contribution in [0.15, 0.2) is 34.6 Å². The van der Waals surface area contributed by atoms with Crippen molar-refractivity contribution in [1.29, 1.82) is 0 Å². The molecular formula is C8H6BNO4S. The van der Waals surface area contributed by atoms with Crippen molar-refractivity contribution in [2.75, 3.05) is 0 Å². The molecule has 0 N–H and O–H groups in total. The van der Waals surface area contributed by atoms with E-state index in [1.807, 2.05) is 30.3 Å². The molecule has 0 aliphatic carbocycles. The summed E-state index contributed by atoms with van der Waals surface area (Å²) in [6.45, 7) is 0. The summed E-state index contributed by atoms with van der Waals surface area (Å²) in [5.41, 5.74) is 1.01. The van der Waals surface area contributed by atoms with Gasteiger partial charge in [0.1, 0.15) is 0 Å². The van der Waals surface area contributed by atoms with Crippen LogP contribution in [0, 0.1) is 0 Å². The standard InChI is InChI=1S/C8H6BNO4S/c1-2-4-6(5-3-1)9-10-15-8(13-14-8)7-11-12-7/h1-5,7H. The van der Waals surface area contributed by atoms with Gasteiger partial charge in [-0.05, 0) is 0 Å². The third-order valence-electron chi connectivity index (χ3n) is 1.91. The molecule has 0 amide bonds. The van der Waals surface area contributed by atoms with E-state index in [-0.39, 0.29) is 0 Å². The van der Waals surface area contributed by atoms with Crippen molar-refractivity contribution < 1.29 is 19.6 Å². The van der Waals surface area contributed by atoms with Crippen LogP contribution < -0.4 is 5.46 Å². The summed E-state index contributed by atoms with van der Waals surface area (Å²) >= 11 is 1.13. The van der Waals surface area contributed by atoms with Crippen LogP contribution in [-0.4, -0.2) is 18.5 Å². The molecule has 3 rings (SSSR count). The second-order valence-electron chi connectivity index (χ2n) is 3.03. The summed E-state index contributed by atoms with van der Waals surface area (Å²) < 4.78 is 4.12. The van der Waals surface area contributed by atoms with E-state index < -0.39 is 11.4 Å². The Balaban J connectivity index is 1.60. The Morgan fingerprint density at radius 1 is 1.20 bits per heavy atom. The molecule has 2 aliphatic rings. The molecule has 0 bridgehead atoms. The zero-order valence-corrected chi connectivity index (χ0v) is 8.35. The fourth-order valence-electron chi connectivity index (χ4n) is 1.04. The Bertz CT molecular complexity index is 379. The van der Waals surface area contributed by atoms with Gasteiger partial charge in [0.15, 0.2) is 0 Å². The predicted octanol–water partition coefficient (Wildman–Crippen LogP) is 0.751. The quantitative estimate of drug-likeness (QED) is 0.326. The van der Waals surface area contributed by atoms with Crippen LogP contribution in [0.5, 0.6) is 0 Å². The molecule has 2 aliphatic heterocycles.